The van der Waals surface area contributed by atoms with Crippen LogP contribution in [0.3, 0.4) is 0 Å². The summed E-state index contributed by atoms with van der Waals surface area (Å²) in [4.78, 5) is 15.7. The molecule has 2 heterocycles. The fourth-order valence-corrected chi connectivity index (χ4v) is 4.63. The summed E-state index contributed by atoms with van der Waals surface area (Å²) >= 11 is 0. The summed E-state index contributed by atoms with van der Waals surface area (Å²) in [7, 11) is -2.34. The van der Waals surface area contributed by atoms with Crippen molar-refractivity contribution in [3.8, 4) is 0 Å². The Morgan fingerprint density at radius 3 is 2.62 bits per heavy atom. The maximum atomic E-state index is 13.0. The van der Waals surface area contributed by atoms with Crippen LogP contribution >= 0.6 is 0 Å². The second-order valence-corrected chi connectivity index (χ2v) is 7.47. The van der Waals surface area contributed by atoms with Gasteiger partial charge >= 0.3 is 5.97 Å². The second-order valence-electron chi connectivity index (χ2n) is 5.58. The monoisotopic (exact) mass is 346 g/mol. The number of hydrogen-bond donors (Lipinski definition) is 0. The quantitative estimate of drug-likeness (QED) is 0.795. The molecule has 1 atom stereocenters. The molecule has 7 heteroatoms. The van der Waals surface area contributed by atoms with Crippen molar-refractivity contribution in [2.75, 3.05) is 13.7 Å². The van der Waals surface area contributed by atoms with Crippen LogP contribution < -0.4 is 0 Å². The normalized spacial score (nSPS) is 18.5. The van der Waals surface area contributed by atoms with Gasteiger partial charge in [0.25, 0.3) is 0 Å². The molecule has 1 aliphatic heterocycles. The molecule has 1 fully saturated rings. The van der Waals surface area contributed by atoms with Crippen LogP contribution in [0.15, 0.2) is 53.7 Å². The predicted octanol–water partition coefficient (Wildman–Crippen LogP) is 2.39. The van der Waals surface area contributed by atoms with Crippen LogP contribution in [0.4, 0.5) is 0 Å². The number of nitrogens with zero attached hydrogens (tertiary/aromatic N) is 2. The van der Waals surface area contributed by atoms with Crippen LogP contribution in [-0.4, -0.2) is 37.3 Å². The Morgan fingerprint density at radius 1 is 1.25 bits per heavy atom. The first-order valence-electron chi connectivity index (χ1n) is 7.64. The number of ether oxygens (including phenoxy) is 1. The number of esters is 1. The summed E-state index contributed by atoms with van der Waals surface area (Å²) < 4.78 is 32.1. The van der Waals surface area contributed by atoms with Gasteiger partial charge in [-0.2, -0.15) is 4.31 Å². The zero-order chi connectivity index (χ0) is 17.2. The highest BCUT2D eigenvalue weighted by atomic mass is 32.2. The van der Waals surface area contributed by atoms with Crippen molar-refractivity contribution < 1.29 is 17.9 Å². The molecule has 0 bridgehead atoms. The number of rotatable bonds is 4. The number of carbonyl (C=O) groups is 1. The molecule has 0 unspecified atom stereocenters. The van der Waals surface area contributed by atoms with Crippen molar-refractivity contribution >= 4 is 16.0 Å². The van der Waals surface area contributed by atoms with E-state index in [0.717, 1.165) is 18.4 Å². The molecule has 0 amide bonds. The molecule has 1 saturated heterocycles. The first-order valence-corrected chi connectivity index (χ1v) is 9.08. The molecule has 0 saturated carbocycles. The number of methoxy groups -OCH3 is 1. The van der Waals surface area contributed by atoms with Gasteiger partial charge in [0, 0.05) is 18.9 Å². The highest BCUT2D eigenvalue weighted by Crippen LogP contribution is 2.36. The molecule has 1 aromatic heterocycles. The molecule has 0 N–H and O–H groups in total. The topological polar surface area (TPSA) is 76.6 Å². The first kappa shape index (κ1) is 16.6. The first-order chi connectivity index (χ1) is 11.5. The summed E-state index contributed by atoms with van der Waals surface area (Å²) in [6.07, 6.45) is 4.95. The van der Waals surface area contributed by atoms with Gasteiger partial charge in [-0.1, -0.05) is 6.07 Å². The van der Waals surface area contributed by atoms with Gasteiger partial charge in [0.05, 0.1) is 23.6 Å². The van der Waals surface area contributed by atoms with Gasteiger partial charge in [0.15, 0.2) is 0 Å². The fraction of sp³-hybridized carbons (Fsp3) is 0.294. The highest BCUT2D eigenvalue weighted by molar-refractivity contribution is 7.89. The minimum Gasteiger partial charge on any atom is -0.465 e. The summed E-state index contributed by atoms with van der Waals surface area (Å²) in [5, 5.41) is 0. The molecule has 0 spiro atoms. The minimum atomic E-state index is -3.63. The lowest BCUT2D eigenvalue weighted by Gasteiger charge is -2.24. The van der Waals surface area contributed by atoms with Gasteiger partial charge in [-0.25, -0.2) is 13.2 Å². The molecule has 1 aliphatic rings. The Kier molecular flexibility index (Phi) is 4.64. The Labute approximate surface area is 141 Å². The van der Waals surface area contributed by atoms with Crippen LogP contribution in [0.25, 0.3) is 0 Å². The van der Waals surface area contributed by atoms with Crippen molar-refractivity contribution in [3.63, 3.8) is 0 Å². The number of sulfonamides is 1. The van der Waals surface area contributed by atoms with E-state index >= 15 is 0 Å². The van der Waals surface area contributed by atoms with E-state index in [4.69, 9.17) is 0 Å². The summed E-state index contributed by atoms with van der Waals surface area (Å²) in [5.74, 6) is -0.492. The van der Waals surface area contributed by atoms with E-state index in [-0.39, 0.29) is 10.9 Å². The standard InChI is InChI=1S/C17H18N2O4S/c1-23-17(20)13-6-8-15(9-7-13)24(21,22)19-11-3-5-16(19)14-4-2-10-18-12-14/h2,4,6-10,12,16H,3,5,11H2,1H3/t16-/m1/s1. The lowest BCUT2D eigenvalue weighted by Crippen LogP contribution is -2.30. The maximum Gasteiger partial charge on any atom is 0.337 e. The molecular weight excluding hydrogens is 328 g/mol. The van der Waals surface area contributed by atoms with Gasteiger partial charge < -0.3 is 4.74 Å². The Hall–Kier alpha value is -2.25. The van der Waals surface area contributed by atoms with Crippen LogP contribution in [0.1, 0.15) is 34.8 Å². The van der Waals surface area contributed by atoms with E-state index in [9.17, 15) is 13.2 Å². The SMILES string of the molecule is COC(=O)c1ccc(S(=O)(=O)N2CCC[C@@H]2c2cccnc2)cc1. The molecule has 2 aromatic rings. The van der Waals surface area contributed by atoms with Crippen LogP contribution in [-0.2, 0) is 14.8 Å². The molecule has 24 heavy (non-hydrogen) atoms. The molecule has 3 rings (SSSR count). The maximum absolute atomic E-state index is 13.0. The van der Waals surface area contributed by atoms with Crippen molar-refractivity contribution in [1.29, 1.82) is 0 Å². The van der Waals surface area contributed by atoms with E-state index in [1.54, 1.807) is 12.4 Å². The average Bonchev–Trinajstić information content (AvgIpc) is 3.12. The fourth-order valence-electron chi connectivity index (χ4n) is 2.95. The Balaban J connectivity index is 1.91. The average molecular weight is 346 g/mol. The second kappa shape index (κ2) is 6.70. The summed E-state index contributed by atoms with van der Waals surface area (Å²) in [6.45, 7) is 0.473. The third-order valence-electron chi connectivity index (χ3n) is 4.15. The molecule has 0 radical (unpaired) electrons. The number of benzene rings is 1. The van der Waals surface area contributed by atoms with Gasteiger partial charge in [0.2, 0.25) is 10.0 Å². The highest BCUT2D eigenvalue weighted by Gasteiger charge is 2.36. The molecule has 0 aliphatic carbocycles. The van der Waals surface area contributed by atoms with Crippen LogP contribution in [0.2, 0.25) is 0 Å². The van der Waals surface area contributed by atoms with Crippen LogP contribution in [0, 0.1) is 0 Å². The third kappa shape index (κ3) is 3.05. The van der Waals surface area contributed by atoms with Crippen molar-refractivity contribution in [1.82, 2.24) is 9.29 Å². The van der Waals surface area contributed by atoms with Gasteiger partial charge in [-0.3, -0.25) is 4.98 Å². The largest absolute Gasteiger partial charge is 0.465 e. The molecule has 126 valence electrons. The Bertz CT molecular complexity index is 819. The number of pyridine rings is 1. The smallest absolute Gasteiger partial charge is 0.337 e. The van der Waals surface area contributed by atoms with E-state index < -0.39 is 16.0 Å². The zero-order valence-electron chi connectivity index (χ0n) is 13.3. The van der Waals surface area contributed by atoms with E-state index in [2.05, 4.69) is 9.72 Å². The van der Waals surface area contributed by atoms with E-state index in [0.29, 0.717) is 12.1 Å². The van der Waals surface area contributed by atoms with Gasteiger partial charge in [-0.05, 0) is 48.7 Å². The summed E-state index contributed by atoms with van der Waals surface area (Å²) in [5.41, 5.74) is 1.21. The lowest BCUT2D eigenvalue weighted by molar-refractivity contribution is 0.0600. The molecule has 6 nitrogen and oxygen atoms in total. The van der Waals surface area contributed by atoms with Gasteiger partial charge in [0.1, 0.15) is 0 Å². The third-order valence-corrected chi connectivity index (χ3v) is 6.08. The van der Waals surface area contributed by atoms with E-state index in [1.807, 2.05) is 12.1 Å². The zero-order valence-corrected chi connectivity index (χ0v) is 14.1. The number of hydrogen-bond acceptors (Lipinski definition) is 5. The molecular formula is C17H18N2O4S. The number of carbonyl (C=O) groups excluding carboxylic acids is 1. The van der Waals surface area contributed by atoms with E-state index in [1.165, 1.54) is 35.7 Å². The summed E-state index contributed by atoms with van der Waals surface area (Å²) in [6, 6.07) is 9.32. The Morgan fingerprint density at radius 2 is 2.00 bits per heavy atom. The number of aromatic nitrogens is 1. The predicted molar refractivity (Wildman–Crippen MR) is 87.9 cm³/mol. The van der Waals surface area contributed by atoms with Crippen molar-refractivity contribution in [3.05, 3.63) is 59.9 Å². The van der Waals surface area contributed by atoms with Gasteiger partial charge in [-0.15, -0.1) is 0 Å². The minimum absolute atomic E-state index is 0.172. The van der Waals surface area contributed by atoms with Crippen molar-refractivity contribution in [2.24, 2.45) is 0 Å². The lowest BCUT2D eigenvalue weighted by atomic mass is 10.1. The van der Waals surface area contributed by atoms with Crippen LogP contribution in [0.5, 0.6) is 0 Å². The van der Waals surface area contributed by atoms with Crippen molar-refractivity contribution in [2.45, 2.75) is 23.8 Å². The molecule has 1 aromatic carbocycles.